The first-order valence-corrected chi connectivity index (χ1v) is 11.6. The van der Waals surface area contributed by atoms with E-state index in [9.17, 15) is 24.0 Å². The molecule has 1 aromatic heterocycles. The molecule has 1 aliphatic rings. The van der Waals surface area contributed by atoms with Crippen LogP contribution in [0.1, 0.15) is 67.2 Å². The molecule has 0 fully saturated rings. The van der Waals surface area contributed by atoms with Crippen LogP contribution in [0, 0.1) is 5.92 Å². The number of hydrogen-bond acceptors (Lipinski definition) is 6. The molecule has 3 N–H and O–H groups in total. The second kappa shape index (κ2) is 10.5. The number of aromatic amines is 1. The van der Waals surface area contributed by atoms with Crippen molar-refractivity contribution in [3.63, 3.8) is 0 Å². The Labute approximate surface area is 197 Å². The van der Waals surface area contributed by atoms with Gasteiger partial charge in [-0.15, -0.1) is 0 Å². The number of anilines is 2. The fourth-order valence-corrected chi connectivity index (χ4v) is 3.91. The van der Waals surface area contributed by atoms with Crippen LogP contribution in [0.5, 0.6) is 0 Å². The van der Waals surface area contributed by atoms with Crippen molar-refractivity contribution in [2.24, 2.45) is 5.92 Å². The van der Waals surface area contributed by atoms with Crippen LogP contribution in [0.2, 0.25) is 0 Å². The van der Waals surface area contributed by atoms with E-state index in [1.54, 1.807) is 24.3 Å². The molecule has 1 aliphatic heterocycles. The van der Waals surface area contributed by atoms with E-state index in [1.807, 2.05) is 20.8 Å². The molecule has 0 bridgehead atoms. The van der Waals surface area contributed by atoms with E-state index in [-0.39, 0.29) is 36.9 Å². The van der Waals surface area contributed by atoms with Crippen molar-refractivity contribution in [2.75, 3.05) is 23.7 Å². The van der Waals surface area contributed by atoms with Crippen molar-refractivity contribution in [1.29, 1.82) is 0 Å². The lowest BCUT2D eigenvalue weighted by atomic mass is 10.1. The van der Waals surface area contributed by atoms with Crippen LogP contribution in [0.3, 0.4) is 0 Å². The van der Waals surface area contributed by atoms with Gasteiger partial charge in [0, 0.05) is 26.1 Å². The summed E-state index contributed by atoms with van der Waals surface area (Å²) in [6, 6.07) is 6.50. The number of rotatable bonds is 10. The maximum absolute atomic E-state index is 13.3. The summed E-state index contributed by atoms with van der Waals surface area (Å²) in [4.78, 5) is 68.2. The molecule has 0 aliphatic carbocycles. The van der Waals surface area contributed by atoms with Crippen LogP contribution in [-0.2, 0) is 11.3 Å². The van der Waals surface area contributed by atoms with Crippen LogP contribution >= 0.6 is 0 Å². The maximum atomic E-state index is 13.3. The normalized spacial score (nSPS) is 13.0. The third-order valence-corrected chi connectivity index (χ3v) is 5.88. The van der Waals surface area contributed by atoms with Crippen molar-refractivity contribution >= 4 is 29.2 Å². The van der Waals surface area contributed by atoms with Crippen LogP contribution in [0.4, 0.5) is 11.5 Å². The van der Waals surface area contributed by atoms with Crippen molar-refractivity contribution in [3.8, 4) is 0 Å². The summed E-state index contributed by atoms with van der Waals surface area (Å²) in [7, 11) is 0. The highest BCUT2D eigenvalue weighted by molar-refractivity contribution is 6.21. The monoisotopic (exact) mass is 469 g/mol. The first kappa shape index (κ1) is 24.9. The molecule has 3 amide bonds. The number of carbonyl (C=O) groups is 3. The minimum absolute atomic E-state index is 0.0694. The van der Waals surface area contributed by atoms with Gasteiger partial charge in [0.15, 0.2) is 5.69 Å². The highest BCUT2D eigenvalue weighted by atomic mass is 16.2. The highest BCUT2D eigenvalue weighted by Gasteiger charge is 2.35. The van der Waals surface area contributed by atoms with Gasteiger partial charge in [0.25, 0.3) is 17.4 Å². The summed E-state index contributed by atoms with van der Waals surface area (Å²) in [5.74, 6) is -1.20. The predicted octanol–water partition coefficient (Wildman–Crippen LogP) is 1.98. The molecule has 0 atom stereocenters. The molecule has 0 radical (unpaired) electrons. The minimum Gasteiger partial charge on any atom is -0.383 e. The molecule has 2 heterocycles. The molecular formula is C24H31N5O5. The zero-order valence-corrected chi connectivity index (χ0v) is 19.8. The number of amides is 3. The standard InChI is InChI=1S/C24H31N5O5/c1-4-5-12-28-20(25)19(21(31)26-24(28)34)27(13-10-15(2)3)18(30)11-14-29-22(32)16-8-6-7-9-17(16)23(29)33/h6-9,15H,4-5,10-14,25H2,1-3H3,(H,26,31,34). The van der Waals surface area contributed by atoms with Gasteiger partial charge in [0.05, 0.1) is 11.1 Å². The number of nitrogens with one attached hydrogen (secondary N) is 1. The quantitative estimate of drug-likeness (QED) is 0.510. The molecule has 182 valence electrons. The number of nitrogen functional groups attached to an aromatic ring is 1. The SMILES string of the molecule is CCCCn1c(N)c(N(CCC(C)C)C(=O)CCN2C(=O)c3ccccc3C2=O)c(=O)[nH]c1=O. The number of imide groups is 1. The molecule has 34 heavy (non-hydrogen) atoms. The smallest absolute Gasteiger partial charge is 0.330 e. The lowest BCUT2D eigenvalue weighted by molar-refractivity contribution is -0.118. The number of aromatic nitrogens is 2. The van der Waals surface area contributed by atoms with Crippen molar-refractivity contribution in [3.05, 3.63) is 56.2 Å². The molecule has 1 aromatic carbocycles. The zero-order valence-electron chi connectivity index (χ0n) is 19.8. The number of nitrogens with zero attached hydrogens (tertiary/aromatic N) is 3. The van der Waals surface area contributed by atoms with Gasteiger partial charge in [-0.05, 0) is 30.9 Å². The molecule has 0 unspecified atom stereocenters. The summed E-state index contributed by atoms with van der Waals surface area (Å²) in [6.07, 6.45) is 1.90. The number of benzene rings is 1. The Morgan fingerprint density at radius 2 is 1.68 bits per heavy atom. The molecule has 0 saturated heterocycles. The van der Waals surface area contributed by atoms with Gasteiger partial charge in [-0.1, -0.05) is 39.3 Å². The third-order valence-electron chi connectivity index (χ3n) is 5.88. The van der Waals surface area contributed by atoms with Crippen molar-refractivity contribution < 1.29 is 14.4 Å². The summed E-state index contributed by atoms with van der Waals surface area (Å²) in [5.41, 5.74) is 5.39. The second-order valence-corrected chi connectivity index (χ2v) is 8.78. The lowest BCUT2D eigenvalue weighted by Crippen LogP contribution is -2.43. The van der Waals surface area contributed by atoms with Gasteiger partial charge >= 0.3 is 5.69 Å². The van der Waals surface area contributed by atoms with E-state index >= 15 is 0 Å². The van der Waals surface area contributed by atoms with Gasteiger partial charge in [-0.25, -0.2) is 4.79 Å². The van der Waals surface area contributed by atoms with E-state index in [2.05, 4.69) is 4.98 Å². The van der Waals surface area contributed by atoms with Gasteiger partial charge < -0.3 is 10.6 Å². The topological polar surface area (TPSA) is 139 Å². The van der Waals surface area contributed by atoms with E-state index in [0.29, 0.717) is 30.5 Å². The summed E-state index contributed by atoms with van der Waals surface area (Å²) in [6.45, 7) is 6.32. The fourth-order valence-electron chi connectivity index (χ4n) is 3.91. The van der Waals surface area contributed by atoms with Crippen LogP contribution in [0.25, 0.3) is 0 Å². The second-order valence-electron chi connectivity index (χ2n) is 8.78. The lowest BCUT2D eigenvalue weighted by Gasteiger charge is -2.26. The van der Waals surface area contributed by atoms with E-state index in [0.717, 1.165) is 11.3 Å². The Kier molecular flexibility index (Phi) is 7.70. The molecular weight excluding hydrogens is 438 g/mol. The number of unbranched alkanes of at least 4 members (excludes halogenated alkanes) is 1. The average molecular weight is 470 g/mol. The summed E-state index contributed by atoms with van der Waals surface area (Å²) < 4.78 is 1.26. The van der Waals surface area contributed by atoms with Gasteiger partial charge in [0.2, 0.25) is 5.91 Å². The molecule has 2 aromatic rings. The minimum atomic E-state index is -0.743. The molecule has 0 spiro atoms. The predicted molar refractivity (Wildman–Crippen MR) is 129 cm³/mol. The van der Waals surface area contributed by atoms with E-state index < -0.39 is 29.0 Å². The highest BCUT2D eigenvalue weighted by Crippen LogP contribution is 2.24. The Morgan fingerprint density at radius 3 is 2.24 bits per heavy atom. The molecule has 10 heteroatoms. The number of hydrogen-bond donors (Lipinski definition) is 2. The maximum Gasteiger partial charge on any atom is 0.330 e. The Bertz CT molecular complexity index is 1180. The Hall–Kier alpha value is -3.69. The molecule has 3 rings (SSSR count). The molecule has 0 saturated carbocycles. The van der Waals surface area contributed by atoms with Crippen molar-refractivity contribution in [1.82, 2.24) is 14.5 Å². The van der Waals surface area contributed by atoms with Crippen LogP contribution in [0.15, 0.2) is 33.9 Å². The Morgan fingerprint density at radius 1 is 1.06 bits per heavy atom. The number of fused-ring (bicyclic) bond motifs is 1. The zero-order chi connectivity index (χ0) is 25.0. The largest absolute Gasteiger partial charge is 0.383 e. The third kappa shape index (κ3) is 4.95. The summed E-state index contributed by atoms with van der Waals surface area (Å²) >= 11 is 0. The molecule has 10 nitrogen and oxygen atoms in total. The number of H-pyrrole nitrogens is 1. The first-order valence-electron chi connectivity index (χ1n) is 11.6. The average Bonchev–Trinajstić information content (AvgIpc) is 3.03. The first-order chi connectivity index (χ1) is 16.2. The summed E-state index contributed by atoms with van der Waals surface area (Å²) in [5, 5.41) is 0. The van der Waals surface area contributed by atoms with Crippen LogP contribution in [-0.4, -0.2) is 45.3 Å². The van der Waals surface area contributed by atoms with E-state index in [4.69, 9.17) is 5.73 Å². The fraction of sp³-hybridized carbons (Fsp3) is 0.458. The number of carbonyl (C=O) groups excluding carboxylic acids is 3. The van der Waals surface area contributed by atoms with Gasteiger partial charge in [0.1, 0.15) is 5.82 Å². The Balaban J connectivity index is 1.88. The van der Waals surface area contributed by atoms with Gasteiger partial charge in [-0.2, -0.15) is 0 Å². The van der Waals surface area contributed by atoms with Crippen LogP contribution < -0.4 is 21.9 Å². The number of nitrogens with two attached hydrogens (primary N) is 1. The van der Waals surface area contributed by atoms with Gasteiger partial charge in [-0.3, -0.25) is 33.6 Å². The van der Waals surface area contributed by atoms with Crippen molar-refractivity contribution in [2.45, 2.75) is 53.0 Å². The van der Waals surface area contributed by atoms with E-state index in [1.165, 1.54) is 9.47 Å².